The average Bonchev–Trinajstić information content (AvgIpc) is 3.21. The van der Waals surface area contributed by atoms with Crippen molar-refractivity contribution in [2.24, 2.45) is 0 Å². The van der Waals surface area contributed by atoms with Crippen LogP contribution in [0.1, 0.15) is 39.5 Å². The number of hydrogen-bond acceptors (Lipinski definition) is 6. The second-order valence-electron chi connectivity index (χ2n) is 7.03. The topological polar surface area (TPSA) is 102 Å². The predicted octanol–water partition coefficient (Wildman–Crippen LogP) is 0.339. The Kier molecular flexibility index (Phi) is 5.41. The minimum Gasteiger partial charge on any atom is -0.450 e. The van der Waals surface area contributed by atoms with E-state index in [9.17, 15) is 18.0 Å². The largest absolute Gasteiger partial charge is 0.450 e. The molecule has 0 aliphatic carbocycles. The molecule has 0 unspecified atom stereocenters. The lowest BCUT2D eigenvalue weighted by molar-refractivity contribution is -0.150. The van der Waals surface area contributed by atoms with Gasteiger partial charge >= 0.3 is 5.97 Å². The zero-order valence-corrected chi connectivity index (χ0v) is 16.1. The zero-order valence-electron chi connectivity index (χ0n) is 15.2. The molecular weight excluding hydrogens is 360 g/mol. The number of sulfonamides is 1. The number of rotatable bonds is 5. The highest BCUT2D eigenvalue weighted by Crippen LogP contribution is 2.41. The molecule has 9 heteroatoms. The zero-order chi connectivity index (χ0) is 18.9. The number of hydrogen-bond donors (Lipinski definition) is 1. The van der Waals surface area contributed by atoms with Gasteiger partial charge in [0.05, 0.1) is 17.4 Å². The molecule has 1 amide bonds. The molecule has 1 atom stereocenters. The van der Waals surface area contributed by atoms with Crippen LogP contribution in [0, 0.1) is 0 Å². The number of carbonyl (C=O) groups is 2. The Morgan fingerprint density at radius 2 is 2.04 bits per heavy atom. The van der Waals surface area contributed by atoms with Crippen molar-refractivity contribution in [2.75, 3.05) is 32.0 Å². The molecule has 0 saturated carbocycles. The molecular formula is C17H26N2O6S. The summed E-state index contributed by atoms with van der Waals surface area (Å²) in [5.74, 6) is -0.793. The molecule has 0 bridgehead atoms. The maximum atomic E-state index is 12.8. The summed E-state index contributed by atoms with van der Waals surface area (Å²) in [6, 6.07) is 0. The van der Waals surface area contributed by atoms with Crippen molar-refractivity contribution < 1.29 is 27.5 Å². The highest BCUT2D eigenvalue weighted by Gasteiger charge is 2.51. The summed E-state index contributed by atoms with van der Waals surface area (Å²) in [7, 11) is -3.29. The van der Waals surface area contributed by atoms with Gasteiger partial charge in [-0.05, 0) is 26.7 Å². The SMILES string of the molecule is CCS(=O)(=O)N1CCC2(CC1)OC(=O)C(C)=C2C(=O)NC[C@H]1CCCO1. The van der Waals surface area contributed by atoms with E-state index in [1.54, 1.807) is 13.8 Å². The highest BCUT2D eigenvalue weighted by atomic mass is 32.2. The van der Waals surface area contributed by atoms with Gasteiger partial charge in [0, 0.05) is 44.7 Å². The van der Waals surface area contributed by atoms with E-state index in [4.69, 9.17) is 9.47 Å². The third-order valence-corrected chi connectivity index (χ3v) is 7.34. The molecule has 2 fully saturated rings. The highest BCUT2D eigenvalue weighted by molar-refractivity contribution is 7.89. The minimum absolute atomic E-state index is 0.00498. The molecule has 2 saturated heterocycles. The second-order valence-corrected chi connectivity index (χ2v) is 9.29. The predicted molar refractivity (Wildman–Crippen MR) is 93.8 cm³/mol. The van der Waals surface area contributed by atoms with Crippen LogP contribution < -0.4 is 5.32 Å². The summed E-state index contributed by atoms with van der Waals surface area (Å²) in [6.45, 7) is 4.76. The van der Waals surface area contributed by atoms with Gasteiger partial charge in [0.25, 0.3) is 5.91 Å². The quantitative estimate of drug-likeness (QED) is 0.684. The van der Waals surface area contributed by atoms with Gasteiger partial charge in [-0.25, -0.2) is 17.5 Å². The maximum Gasteiger partial charge on any atom is 0.335 e. The molecule has 3 rings (SSSR count). The lowest BCUT2D eigenvalue weighted by Gasteiger charge is -2.38. The third-order valence-electron chi connectivity index (χ3n) is 5.45. The van der Waals surface area contributed by atoms with E-state index in [1.165, 1.54) is 4.31 Å². The summed E-state index contributed by atoms with van der Waals surface area (Å²) < 4.78 is 36.6. The van der Waals surface area contributed by atoms with E-state index < -0.39 is 21.6 Å². The Labute approximate surface area is 153 Å². The van der Waals surface area contributed by atoms with Crippen molar-refractivity contribution in [3.05, 3.63) is 11.1 Å². The molecule has 1 N–H and O–H groups in total. The van der Waals surface area contributed by atoms with Crippen molar-refractivity contribution >= 4 is 21.9 Å². The number of amides is 1. The number of piperidine rings is 1. The molecule has 3 aliphatic rings. The number of carbonyl (C=O) groups excluding carboxylic acids is 2. The first-order chi connectivity index (χ1) is 12.3. The van der Waals surface area contributed by atoms with Crippen molar-refractivity contribution in [2.45, 2.75) is 51.2 Å². The Morgan fingerprint density at radius 3 is 2.62 bits per heavy atom. The number of nitrogens with zero attached hydrogens (tertiary/aromatic N) is 1. The van der Waals surface area contributed by atoms with Crippen molar-refractivity contribution in [3.63, 3.8) is 0 Å². The third kappa shape index (κ3) is 3.52. The average molecular weight is 386 g/mol. The van der Waals surface area contributed by atoms with E-state index in [0.29, 0.717) is 24.3 Å². The molecule has 0 aromatic rings. The Balaban J connectivity index is 1.72. The van der Waals surface area contributed by atoms with E-state index in [1.807, 2.05) is 0 Å². The fraction of sp³-hybridized carbons (Fsp3) is 0.765. The standard InChI is InChI=1S/C17H26N2O6S/c1-3-26(22,23)19-8-6-17(7-9-19)14(12(2)16(21)25-17)15(20)18-11-13-5-4-10-24-13/h13H,3-11H2,1-2H3,(H,18,20)/t13-/m1/s1. The van der Waals surface area contributed by atoms with Gasteiger partial charge in [0.1, 0.15) is 5.60 Å². The number of nitrogens with one attached hydrogen (secondary N) is 1. The second kappa shape index (κ2) is 7.28. The Hall–Kier alpha value is -1.45. The molecule has 0 radical (unpaired) electrons. The molecule has 146 valence electrons. The first-order valence-electron chi connectivity index (χ1n) is 9.11. The summed E-state index contributed by atoms with van der Waals surface area (Å²) >= 11 is 0. The lowest BCUT2D eigenvalue weighted by Crippen LogP contribution is -2.50. The van der Waals surface area contributed by atoms with Crippen LogP contribution in [0.4, 0.5) is 0 Å². The van der Waals surface area contributed by atoms with Gasteiger partial charge in [0.2, 0.25) is 10.0 Å². The summed E-state index contributed by atoms with van der Waals surface area (Å²) in [4.78, 5) is 24.9. The molecule has 8 nitrogen and oxygen atoms in total. The Morgan fingerprint density at radius 1 is 1.35 bits per heavy atom. The minimum atomic E-state index is -3.29. The van der Waals surface area contributed by atoms with Crippen LogP contribution in [0.5, 0.6) is 0 Å². The monoisotopic (exact) mass is 386 g/mol. The summed E-state index contributed by atoms with van der Waals surface area (Å²) in [5.41, 5.74) is -0.377. The van der Waals surface area contributed by atoms with E-state index in [0.717, 1.165) is 12.8 Å². The smallest absolute Gasteiger partial charge is 0.335 e. The summed E-state index contributed by atoms with van der Waals surface area (Å²) in [5, 5.41) is 2.86. The van der Waals surface area contributed by atoms with Crippen molar-refractivity contribution in [1.82, 2.24) is 9.62 Å². The van der Waals surface area contributed by atoms with Crippen LogP contribution in [0.3, 0.4) is 0 Å². The molecule has 3 aliphatic heterocycles. The Bertz CT molecular complexity index is 716. The van der Waals surface area contributed by atoms with Gasteiger partial charge in [-0.1, -0.05) is 0 Å². The van der Waals surface area contributed by atoms with Crippen LogP contribution >= 0.6 is 0 Å². The molecule has 0 aromatic carbocycles. The van der Waals surface area contributed by atoms with Gasteiger partial charge in [-0.3, -0.25) is 4.79 Å². The molecule has 0 aromatic heterocycles. The van der Waals surface area contributed by atoms with Gasteiger partial charge in [-0.15, -0.1) is 0 Å². The molecule has 26 heavy (non-hydrogen) atoms. The van der Waals surface area contributed by atoms with Gasteiger partial charge in [-0.2, -0.15) is 0 Å². The van der Waals surface area contributed by atoms with Crippen molar-refractivity contribution in [1.29, 1.82) is 0 Å². The fourth-order valence-electron chi connectivity index (χ4n) is 3.89. The van der Waals surface area contributed by atoms with E-state index in [-0.39, 0.29) is 43.7 Å². The fourth-order valence-corrected chi connectivity index (χ4v) is 4.99. The van der Waals surface area contributed by atoms with Crippen LogP contribution in [0.15, 0.2) is 11.1 Å². The van der Waals surface area contributed by atoms with Gasteiger partial charge < -0.3 is 14.8 Å². The van der Waals surface area contributed by atoms with E-state index in [2.05, 4.69) is 5.32 Å². The van der Waals surface area contributed by atoms with Crippen LogP contribution in [-0.4, -0.2) is 68.3 Å². The van der Waals surface area contributed by atoms with E-state index >= 15 is 0 Å². The van der Waals surface area contributed by atoms with Crippen LogP contribution in [-0.2, 0) is 29.1 Å². The maximum absolute atomic E-state index is 12.8. The lowest BCUT2D eigenvalue weighted by atomic mass is 9.83. The normalized spacial score (nSPS) is 26.4. The molecule has 1 spiro atoms. The summed E-state index contributed by atoms with van der Waals surface area (Å²) in [6.07, 6.45) is 2.47. The van der Waals surface area contributed by atoms with Gasteiger partial charge in [0.15, 0.2) is 0 Å². The first kappa shape index (κ1) is 19.3. The number of esters is 1. The first-order valence-corrected chi connectivity index (χ1v) is 10.7. The molecule has 3 heterocycles. The van der Waals surface area contributed by atoms with Crippen molar-refractivity contribution in [3.8, 4) is 0 Å². The van der Waals surface area contributed by atoms with Crippen LogP contribution in [0.2, 0.25) is 0 Å². The van der Waals surface area contributed by atoms with Crippen LogP contribution in [0.25, 0.3) is 0 Å². The number of ether oxygens (including phenoxy) is 2.